The molecule has 0 aromatic carbocycles. The molecule has 0 atom stereocenters. The van der Waals surface area contributed by atoms with Crippen molar-refractivity contribution in [3.8, 4) is 0 Å². The monoisotopic (exact) mass is 340 g/mol. The zero-order valence-corrected chi connectivity index (χ0v) is 14.8. The Morgan fingerprint density at radius 1 is 1.00 bits per heavy atom. The van der Waals surface area contributed by atoms with Gasteiger partial charge in [0.1, 0.15) is 5.60 Å². The highest BCUT2D eigenvalue weighted by Crippen LogP contribution is 2.44. The van der Waals surface area contributed by atoms with Crippen LogP contribution < -0.4 is 0 Å². The second-order valence-corrected chi connectivity index (χ2v) is 6.91. The molecule has 0 saturated carbocycles. The molecule has 0 spiro atoms. The van der Waals surface area contributed by atoms with E-state index in [0.717, 1.165) is 0 Å². The Morgan fingerprint density at radius 2 is 1.50 bits per heavy atom. The number of rotatable bonds is 12. The molecule has 0 aliphatic carbocycles. The van der Waals surface area contributed by atoms with E-state index in [1.165, 1.54) is 0 Å². The van der Waals surface area contributed by atoms with Gasteiger partial charge in [0.15, 0.2) is 0 Å². The fourth-order valence-corrected chi connectivity index (χ4v) is 3.21. The highest BCUT2D eigenvalue weighted by Gasteiger charge is 2.37. The van der Waals surface area contributed by atoms with E-state index in [1.807, 2.05) is 13.8 Å². The van der Waals surface area contributed by atoms with Gasteiger partial charge in [0, 0.05) is 5.41 Å². The van der Waals surface area contributed by atoms with Crippen LogP contribution in [0.5, 0.6) is 0 Å². The summed E-state index contributed by atoms with van der Waals surface area (Å²) in [6.07, 6.45) is 2.09. The van der Waals surface area contributed by atoms with Gasteiger partial charge in [-0.1, -0.05) is 27.7 Å². The summed E-state index contributed by atoms with van der Waals surface area (Å²) < 4.78 is 21.7. The normalized spacial score (nSPS) is 13.4. The van der Waals surface area contributed by atoms with Crippen LogP contribution in [0.15, 0.2) is 0 Å². The quantitative estimate of drug-likeness (QED) is 0.468. The second kappa shape index (κ2) is 8.99. The topological polar surface area (TPSA) is 113 Å². The third-order valence-electron chi connectivity index (χ3n) is 4.40. The Labute approximate surface area is 132 Å². The van der Waals surface area contributed by atoms with Crippen LogP contribution in [-0.2, 0) is 18.6 Å². The first-order valence-electron chi connectivity index (χ1n) is 7.63. The molecule has 0 bridgehead atoms. The van der Waals surface area contributed by atoms with Crippen molar-refractivity contribution in [1.82, 2.24) is 0 Å². The highest BCUT2D eigenvalue weighted by molar-refractivity contribution is 7.46. The molecule has 22 heavy (non-hydrogen) atoms. The smallest absolute Gasteiger partial charge is 0.470 e. The van der Waals surface area contributed by atoms with Crippen LogP contribution in [-0.4, -0.2) is 39.7 Å². The van der Waals surface area contributed by atoms with Crippen LogP contribution in [0.2, 0.25) is 0 Å². The van der Waals surface area contributed by atoms with Gasteiger partial charge in [0.2, 0.25) is 0 Å². The molecule has 0 heterocycles. The molecule has 0 aromatic rings. The Bertz CT molecular complexity index is 383. The van der Waals surface area contributed by atoms with Gasteiger partial charge < -0.3 is 19.6 Å². The van der Waals surface area contributed by atoms with Gasteiger partial charge in [0.25, 0.3) is 0 Å². The summed E-state index contributed by atoms with van der Waals surface area (Å²) in [5, 5.41) is 9.03. The molecular weight excluding hydrogens is 311 g/mol. The van der Waals surface area contributed by atoms with Gasteiger partial charge in [0.05, 0.1) is 19.6 Å². The number of carboxylic acid groups (broad SMARTS) is 1. The molecule has 0 radical (unpaired) electrons. The van der Waals surface area contributed by atoms with Crippen molar-refractivity contribution in [1.29, 1.82) is 0 Å². The maximum absolute atomic E-state index is 11.1. The van der Waals surface area contributed by atoms with Gasteiger partial charge >= 0.3 is 13.8 Å². The SMILES string of the molecule is CCC(CC)(COCC(CC)(CC)OP(=O)(O)O)CC(=O)O. The van der Waals surface area contributed by atoms with E-state index in [2.05, 4.69) is 0 Å². The van der Waals surface area contributed by atoms with Gasteiger partial charge in [-0.05, 0) is 25.7 Å². The fourth-order valence-electron chi connectivity index (χ4n) is 2.39. The first-order chi connectivity index (χ1) is 10.1. The molecule has 0 aliphatic heterocycles. The Balaban J connectivity index is 4.85. The van der Waals surface area contributed by atoms with Crippen molar-refractivity contribution in [2.75, 3.05) is 13.2 Å². The van der Waals surface area contributed by atoms with Gasteiger partial charge in [-0.15, -0.1) is 0 Å². The van der Waals surface area contributed by atoms with Gasteiger partial charge in [-0.3, -0.25) is 9.32 Å². The molecule has 0 aromatic heterocycles. The van der Waals surface area contributed by atoms with Crippen molar-refractivity contribution >= 4 is 13.8 Å². The summed E-state index contributed by atoms with van der Waals surface area (Å²) in [4.78, 5) is 29.1. The van der Waals surface area contributed by atoms with Crippen molar-refractivity contribution in [3.63, 3.8) is 0 Å². The van der Waals surface area contributed by atoms with Crippen molar-refractivity contribution in [2.45, 2.75) is 65.4 Å². The maximum Gasteiger partial charge on any atom is 0.470 e. The number of aliphatic carboxylic acids is 1. The molecule has 0 unspecified atom stereocenters. The third kappa shape index (κ3) is 7.20. The molecule has 3 N–H and O–H groups in total. The minimum Gasteiger partial charge on any atom is -0.481 e. The zero-order valence-electron chi connectivity index (χ0n) is 13.9. The van der Waals surface area contributed by atoms with E-state index in [4.69, 9.17) is 24.2 Å². The van der Waals surface area contributed by atoms with Crippen LogP contribution in [0.25, 0.3) is 0 Å². The number of carboxylic acids is 1. The molecular formula is C14H29O7P. The molecule has 132 valence electrons. The fraction of sp³-hybridized carbons (Fsp3) is 0.929. The molecule has 0 rings (SSSR count). The lowest BCUT2D eigenvalue weighted by atomic mass is 9.80. The number of phosphoric acid groups is 1. The van der Waals surface area contributed by atoms with Crippen molar-refractivity contribution < 1.29 is 33.5 Å². The average molecular weight is 340 g/mol. The van der Waals surface area contributed by atoms with Crippen LogP contribution >= 0.6 is 7.82 Å². The molecule has 0 fully saturated rings. The lowest BCUT2D eigenvalue weighted by Gasteiger charge is -2.35. The van der Waals surface area contributed by atoms with Crippen LogP contribution in [0, 0.1) is 5.41 Å². The molecule has 0 aliphatic rings. The predicted octanol–water partition coefficient (Wildman–Crippen LogP) is 2.95. The number of carbonyl (C=O) groups is 1. The number of ether oxygens (including phenoxy) is 1. The number of hydrogen-bond acceptors (Lipinski definition) is 4. The van der Waals surface area contributed by atoms with Crippen LogP contribution in [0.3, 0.4) is 0 Å². The Hall–Kier alpha value is -0.460. The van der Waals surface area contributed by atoms with Crippen molar-refractivity contribution in [2.24, 2.45) is 5.41 Å². The third-order valence-corrected chi connectivity index (χ3v) is 5.03. The van der Waals surface area contributed by atoms with Crippen LogP contribution in [0.1, 0.15) is 59.8 Å². The van der Waals surface area contributed by atoms with Gasteiger partial charge in [-0.25, -0.2) is 4.57 Å². The summed E-state index contributed by atoms with van der Waals surface area (Å²) in [5.41, 5.74) is -1.53. The number of phosphoric ester groups is 1. The lowest BCUT2D eigenvalue weighted by molar-refractivity contribution is -0.142. The van der Waals surface area contributed by atoms with E-state index >= 15 is 0 Å². The van der Waals surface area contributed by atoms with E-state index in [-0.39, 0.29) is 19.6 Å². The Kier molecular flexibility index (Phi) is 8.80. The minimum atomic E-state index is -4.61. The first-order valence-corrected chi connectivity index (χ1v) is 9.16. The molecule has 8 heteroatoms. The summed E-state index contributed by atoms with van der Waals surface area (Å²) in [6, 6.07) is 0. The van der Waals surface area contributed by atoms with E-state index < -0.39 is 24.8 Å². The van der Waals surface area contributed by atoms with E-state index in [0.29, 0.717) is 25.7 Å². The maximum atomic E-state index is 11.1. The highest BCUT2D eigenvalue weighted by atomic mass is 31.2. The second-order valence-electron chi connectivity index (χ2n) is 5.74. The van der Waals surface area contributed by atoms with Crippen LogP contribution in [0.4, 0.5) is 0 Å². The summed E-state index contributed by atoms with van der Waals surface area (Å²) >= 11 is 0. The molecule has 7 nitrogen and oxygen atoms in total. The summed E-state index contributed by atoms with van der Waals surface area (Å²) in [7, 11) is -4.61. The summed E-state index contributed by atoms with van der Waals surface area (Å²) in [5.74, 6) is -0.879. The minimum absolute atomic E-state index is 0.00456. The largest absolute Gasteiger partial charge is 0.481 e. The van der Waals surface area contributed by atoms with E-state index in [1.54, 1.807) is 13.8 Å². The lowest BCUT2D eigenvalue weighted by Crippen LogP contribution is -2.38. The first kappa shape index (κ1) is 21.5. The predicted molar refractivity (Wildman–Crippen MR) is 82.5 cm³/mol. The van der Waals surface area contributed by atoms with E-state index in [9.17, 15) is 9.36 Å². The van der Waals surface area contributed by atoms with Crippen molar-refractivity contribution in [3.05, 3.63) is 0 Å². The average Bonchev–Trinajstić information content (AvgIpc) is 2.43. The zero-order chi connectivity index (χ0) is 17.4. The molecule has 0 saturated heterocycles. The van der Waals surface area contributed by atoms with Gasteiger partial charge in [-0.2, -0.15) is 0 Å². The summed E-state index contributed by atoms with van der Waals surface area (Å²) in [6.45, 7) is 7.61. The Morgan fingerprint density at radius 3 is 1.82 bits per heavy atom. The molecule has 0 amide bonds. The standard InChI is InChI=1S/C14H29O7P/c1-5-13(6-2,9-12(15)16)10-20-11-14(7-3,8-4)21-22(17,18)19/h5-11H2,1-4H3,(H,15,16)(H2,17,18,19). The number of hydrogen-bond donors (Lipinski definition) is 3.